The van der Waals surface area contributed by atoms with Gasteiger partial charge in [-0.3, -0.25) is 14.5 Å². The van der Waals surface area contributed by atoms with Crippen molar-refractivity contribution in [3.05, 3.63) is 67.3 Å². The van der Waals surface area contributed by atoms with Gasteiger partial charge >= 0.3 is 7.12 Å². The number of fused-ring (bicyclic) bond motifs is 3. The average Bonchev–Trinajstić information content (AvgIpc) is 3.47. The number of aromatic hydroxyl groups is 1. The van der Waals surface area contributed by atoms with E-state index in [9.17, 15) is 19.7 Å². The van der Waals surface area contributed by atoms with Gasteiger partial charge in [0.1, 0.15) is 5.75 Å². The minimum Gasteiger partial charge on any atom is -0.507 e. The fraction of sp³-hybridized carbons (Fsp3) is 0.448. The molecular formula is C29H33BBrNO5S. The van der Waals surface area contributed by atoms with E-state index in [0.717, 1.165) is 45.3 Å². The zero-order valence-corrected chi connectivity index (χ0v) is 24.1. The van der Waals surface area contributed by atoms with E-state index >= 15 is 0 Å². The molecule has 1 aromatic heterocycles. The highest BCUT2D eigenvalue weighted by atomic mass is 79.9. The maximum absolute atomic E-state index is 13.6. The van der Waals surface area contributed by atoms with Gasteiger partial charge in [0.2, 0.25) is 11.8 Å². The fourth-order valence-corrected chi connectivity index (χ4v) is 7.54. The number of allylic oxidation sites excluding steroid dienone is 2. The molecule has 0 saturated carbocycles. The molecule has 0 radical (unpaired) electrons. The third-order valence-corrected chi connectivity index (χ3v) is 9.44. The summed E-state index contributed by atoms with van der Waals surface area (Å²) in [5.41, 5.74) is 4.17. The van der Waals surface area contributed by atoms with Crippen LogP contribution in [0.5, 0.6) is 5.75 Å². The lowest BCUT2D eigenvalue weighted by Crippen LogP contribution is -2.46. The molecule has 4 atom stereocenters. The van der Waals surface area contributed by atoms with Crippen LogP contribution in [0.25, 0.3) is 6.08 Å². The lowest BCUT2D eigenvalue weighted by Gasteiger charge is -2.42. The molecule has 0 bridgehead atoms. The fourth-order valence-electron chi connectivity index (χ4n) is 6.47. The number of benzene rings is 1. The number of phenols is 1. The maximum Gasteiger partial charge on any atom is 0.455 e. The Bertz CT molecular complexity index is 1280. The molecule has 0 spiro atoms. The predicted octanol–water partition coefficient (Wildman–Crippen LogP) is 6.20. The molecule has 3 heterocycles. The molecule has 2 saturated heterocycles. The van der Waals surface area contributed by atoms with E-state index in [0.29, 0.717) is 25.7 Å². The van der Waals surface area contributed by atoms with Crippen molar-refractivity contribution in [2.45, 2.75) is 64.9 Å². The number of rotatable bonds is 8. The Hall–Kier alpha value is -2.20. The van der Waals surface area contributed by atoms with Gasteiger partial charge in [-0.2, -0.15) is 0 Å². The number of likely N-dealkylation sites (tertiary alicyclic amines) is 1. The molecule has 3 aliphatic rings. The highest BCUT2D eigenvalue weighted by Crippen LogP contribution is 2.50. The minimum absolute atomic E-state index is 0.0914. The molecule has 2 amide bonds. The van der Waals surface area contributed by atoms with Crippen LogP contribution in [-0.4, -0.2) is 40.1 Å². The molecular weight excluding hydrogens is 565 g/mol. The summed E-state index contributed by atoms with van der Waals surface area (Å²) in [5, 5.41) is 23.0. The number of amides is 2. The van der Waals surface area contributed by atoms with Crippen LogP contribution >= 0.6 is 27.3 Å². The van der Waals surface area contributed by atoms with Gasteiger partial charge in [0, 0.05) is 14.9 Å². The van der Waals surface area contributed by atoms with E-state index in [1.54, 1.807) is 17.4 Å². The molecule has 38 heavy (non-hydrogen) atoms. The number of nitrogens with zero attached hydrogens (tertiary/aromatic N) is 1. The molecule has 0 unspecified atom stereocenters. The summed E-state index contributed by atoms with van der Waals surface area (Å²) in [4.78, 5) is 29.4. The van der Waals surface area contributed by atoms with Crippen LogP contribution in [0.15, 0.2) is 56.9 Å². The molecule has 2 aliphatic heterocycles. The number of phenolic OH excluding ortho intramolecular Hbond substituents is 1. The van der Waals surface area contributed by atoms with Gasteiger partial charge in [0.05, 0.1) is 24.5 Å². The standard InChI is InChI=1S/C29H33BBrNO5S/c1-3-5-18(13-19-14-20(31)8-9-24(19)33)7-10-25-26-17(2)12-22-27(23(26)15-30(36)37-25)29(35)32(28(22)34)16-21-6-4-11-38-21/h4,6,8-9,11,13-14,22-23,25,27,33,36H,3,5,7,10,12,15-16H2,1-2H3/b18-13+/t22-,23+,25-,27-/m1/s1. The van der Waals surface area contributed by atoms with E-state index in [1.165, 1.54) is 10.5 Å². The molecule has 2 aromatic rings. The molecule has 1 aliphatic carbocycles. The summed E-state index contributed by atoms with van der Waals surface area (Å²) < 4.78 is 6.98. The Morgan fingerprint density at radius 2 is 2.05 bits per heavy atom. The van der Waals surface area contributed by atoms with Crippen LogP contribution in [0.1, 0.15) is 56.4 Å². The topological polar surface area (TPSA) is 87.1 Å². The number of carbonyl (C=O) groups is 2. The summed E-state index contributed by atoms with van der Waals surface area (Å²) >= 11 is 5.03. The van der Waals surface area contributed by atoms with E-state index in [1.807, 2.05) is 35.7 Å². The zero-order valence-electron chi connectivity index (χ0n) is 21.7. The number of imide groups is 1. The molecule has 2 fully saturated rings. The SMILES string of the molecule is CCC/C(=C\c1cc(Br)ccc1O)CC[C@H]1OB(O)C[C@H]2C1=C(C)C[C@H]1C(=O)N(Cc3cccs3)C(=O)[C@H]12. The summed E-state index contributed by atoms with van der Waals surface area (Å²) in [6, 6.07) is 9.28. The quantitative estimate of drug-likeness (QED) is 0.215. The summed E-state index contributed by atoms with van der Waals surface area (Å²) in [6.45, 7) is 4.50. The Labute approximate surface area is 236 Å². The predicted molar refractivity (Wildman–Crippen MR) is 153 cm³/mol. The van der Waals surface area contributed by atoms with Crippen molar-refractivity contribution < 1.29 is 24.4 Å². The Morgan fingerprint density at radius 1 is 1.24 bits per heavy atom. The van der Waals surface area contributed by atoms with Gasteiger partial charge in [-0.05, 0) is 80.1 Å². The van der Waals surface area contributed by atoms with E-state index in [2.05, 4.69) is 29.8 Å². The number of halogens is 1. The van der Waals surface area contributed by atoms with Crippen LogP contribution in [0.3, 0.4) is 0 Å². The van der Waals surface area contributed by atoms with Crippen molar-refractivity contribution in [1.82, 2.24) is 4.90 Å². The molecule has 6 nitrogen and oxygen atoms in total. The summed E-state index contributed by atoms with van der Waals surface area (Å²) in [7, 11) is -0.970. The van der Waals surface area contributed by atoms with Crippen molar-refractivity contribution in [1.29, 1.82) is 0 Å². The Morgan fingerprint density at radius 3 is 2.79 bits per heavy atom. The van der Waals surface area contributed by atoms with Gasteiger partial charge in [-0.15, -0.1) is 11.3 Å². The third-order valence-electron chi connectivity index (χ3n) is 8.09. The van der Waals surface area contributed by atoms with Crippen molar-refractivity contribution in [3.63, 3.8) is 0 Å². The second kappa shape index (κ2) is 11.5. The lowest BCUT2D eigenvalue weighted by atomic mass is 9.58. The first-order valence-electron chi connectivity index (χ1n) is 13.4. The first-order chi connectivity index (χ1) is 18.3. The van der Waals surface area contributed by atoms with Gasteiger partial charge in [0.15, 0.2) is 0 Å². The average molecular weight is 598 g/mol. The van der Waals surface area contributed by atoms with Crippen molar-refractivity contribution in [2.24, 2.45) is 17.8 Å². The van der Waals surface area contributed by atoms with Gasteiger partial charge in [0.25, 0.3) is 0 Å². The second-order valence-corrected chi connectivity index (χ2v) is 12.6. The monoisotopic (exact) mass is 597 g/mol. The Balaban J connectivity index is 1.37. The van der Waals surface area contributed by atoms with Crippen LogP contribution in [0.2, 0.25) is 6.32 Å². The first kappa shape index (κ1) is 27.4. The number of thiophene rings is 1. The van der Waals surface area contributed by atoms with Gasteiger partial charge < -0.3 is 14.8 Å². The van der Waals surface area contributed by atoms with Crippen molar-refractivity contribution >= 4 is 52.3 Å². The molecule has 9 heteroatoms. The number of hydrogen-bond donors (Lipinski definition) is 2. The van der Waals surface area contributed by atoms with E-state index in [4.69, 9.17) is 4.65 Å². The van der Waals surface area contributed by atoms with E-state index in [-0.39, 0.29) is 35.5 Å². The lowest BCUT2D eigenvalue weighted by molar-refractivity contribution is -0.140. The van der Waals surface area contributed by atoms with Gasteiger partial charge in [-0.25, -0.2) is 0 Å². The first-order valence-corrected chi connectivity index (χ1v) is 15.0. The van der Waals surface area contributed by atoms with Gasteiger partial charge in [-0.1, -0.05) is 52.6 Å². The van der Waals surface area contributed by atoms with Crippen LogP contribution in [-0.2, 0) is 20.8 Å². The summed E-state index contributed by atoms with van der Waals surface area (Å²) in [6.07, 6.45) is 5.89. The van der Waals surface area contributed by atoms with Crippen molar-refractivity contribution in [3.8, 4) is 5.75 Å². The molecule has 5 rings (SSSR count). The zero-order chi connectivity index (χ0) is 27.0. The highest BCUT2D eigenvalue weighted by Gasteiger charge is 2.56. The molecule has 1 aromatic carbocycles. The number of carbonyl (C=O) groups excluding carboxylic acids is 2. The van der Waals surface area contributed by atoms with Crippen LogP contribution in [0, 0.1) is 17.8 Å². The van der Waals surface area contributed by atoms with Crippen LogP contribution < -0.4 is 0 Å². The molecule has 200 valence electrons. The van der Waals surface area contributed by atoms with Crippen molar-refractivity contribution in [2.75, 3.05) is 0 Å². The highest BCUT2D eigenvalue weighted by molar-refractivity contribution is 9.10. The molecule has 2 N–H and O–H groups in total. The second-order valence-electron chi connectivity index (χ2n) is 10.6. The number of hydrogen-bond acceptors (Lipinski definition) is 6. The Kier molecular flexibility index (Phi) is 8.29. The van der Waals surface area contributed by atoms with E-state index < -0.39 is 13.0 Å². The normalized spacial score (nSPS) is 25.7. The maximum atomic E-state index is 13.6. The van der Waals surface area contributed by atoms with Crippen LogP contribution in [0.4, 0.5) is 0 Å². The minimum atomic E-state index is -0.970. The largest absolute Gasteiger partial charge is 0.507 e. The third kappa shape index (κ3) is 5.44. The summed E-state index contributed by atoms with van der Waals surface area (Å²) in [5.74, 6) is -0.970. The smallest absolute Gasteiger partial charge is 0.455 e.